The zero-order valence-corrected chi connectivity index (χ0v) is 8.06. The van der Waals surface area contributed by atoms with Gasteiger partial charge in [-0.15, -0.1) is 0 Å². The summed E-state index contributed by atoms with van der Waals surface area (Å²) < 4.78 is 0. The molecule has 1 aromatic heterocycles. The van der Waals surface area contributed by atoms with Crippen LogP contribution in [-0.4, -0.2) is 26.2 Å². The molecule has 0 amide bonds. The molecule has 0 saturated heterocycles. The molecule has 2 rings (SSSR count). The number of nitrogens with zero attached hydrogens (tertiary/aromatic N) is 2. The topological polar surface area (TPSA) is 83.3 Å². The number of hydrogen-bond donors (Lipinski definition) is 2. The fourth-order valence-corrected chi connectivity index (χ4v) is 1.43. The highest BCUT2D eigenvalue weighted by atomic mass is 35.5. The number of carboxylic acid groups (broad SMARTS) is 1. The Kier molecular flexibility index (Phi) is 2.17. The fourth-order valence-electron chi connectivity index (χ4n) is 1.25. The second kappa shape index (κ2) is 3.36. The van der Waals surface area contributed by atoms with E-state index in [1.54, 1.807) is 0 Å². The predicted molar refractivity (Wildman–Crippen MR) is 53.2 cm³/mol. The standard InChI is InChI=1S/C9H5ClN2O3/c10-9-11-6-3-4(13)1-2-5(6)7(12-9)8(14)15/h1-3,13H,(H,14,15). The molecule has 0 aliphatic heterocycles. The summed E-state index contributed by atoms with van der Waals surface area (Å²) in [5.41, 5.74) is 0.123. The van der Waals surface area contributed by atoms with Gasteiger partial charge in [0.05, 0.1) is 5.52 Å². The van der Waals surface area contributed by atoms with Gasteiger partial charge in [-0.2, -0.15) is 0 Å². The first-order valence-electron chi connectivity index (χ1n) is 3.97. The molecule has 0 bridgehead atoms. The third kappa shape index (κ3) is 1.69. The lowest BCUT2D eigenvalue weighted by Gasteiger charge is -2.02. The first-order valence-corrected chi connectivity index (χ1v) is 4.35. The lowest BCUT2D eigenvalue weighted by Crippen LogP contribution is -2.03. The Hall–Kier alpha value is -1.88. The number of aromatic hydroxyl groups is 1. The lowest BCUT2D eigenvalue weighted by atomic mass is 10.2. The molecule has 6 heteroatoms. The number of hydrogen-bond acceptors (Lipinski definition) is 4. The van der Waals surface area contributed by atoms with E-state index in [0.717, 1.165) is 0 Å². The Labute approximate surface area is 89.0 Å². The third-order valence-electron chi connectivity index (χ3n) is 1.86. The van der Waals surface area contributed by atoms with Crippen LogP contribution in [0.25, 0.3) is 10.9 Å². The number of carbonyl (C=O) groups is 1. The molecule has 2 aromatic rings. The zero-order valence-electron chi connectivity index (χ0n) is 7.31. The van der Waals surface area contributed by atoms with Crippen LogP contribution in [0, 0.1) is 0 Å². The minimum absolute atomic E-state index is 0.00592. The SMILES string of the molecule is O=C(O)c1nc(Cl)nc2cc(O)ccc12. The Morgan fingerprint density at radius 3 is 2.73 bits per heavy atom. The Bertz CT molecular complexity index is 551. The first-order chi connectivity index (χ1) is 7.08. The summed E-state index contributed by atoms with van der Waals surface area (Å²) in [5, 5.41) is 18.2. The van der Waals surface area contributed by atoms with Crippen LogP contribution < -0.4 is 0 Å². The molecule has 0 saturated carbocycles. The van der Waals surface area contributed by atoms with Crippen molar-refractivity contribution >= 4 is 28.5 Å². The fraction of sp³-hybridized carbons (Fsp3) is 0. The van der Waals surface area contributed by atoms with E-state index in [9.17, 15) is 9.90 Å². The quantitative estimate of drug-likeness (QED) is 0.720. The number of aromatic carboxylic acids is 1. The molecule has 5 nitrogen and oxygen atoms in total. The smallest absolute Gasteiger partial charge is 0.355 e. The molecule has 0 unspecified atom stereocenters. The average Bonchev–Trinajstić information content (AvgIpc) is 2.15. The summed E-state index contributed by atoms with van der Waals surface area (Å²) in [6.07, 6.45) is 0. The molecule has 1 aromatic carbocycles. The number of phenolic OH excluding ortho intramolecular Hbond substituents is 1. The van der Waals surface area contributed by atoms with Crippen molar-refractivity contribution in [1.82, 2.24) is 9.97 Å². The van der Waals surface area contributed by atoms with Crippen molar-refractivity contribution in [2.45, 2.75) is 0 Å². The second-order valence-corrected chi connectivity index (χ2v) is 3.19. The van der Waals surface area contributed by atoms with Crippen LogP contribution in [0.3, 0.4) is 0 Å². The normalized spacial score (nSPS) is 10.5. The van der Waals surface area contributed by atoms with Gasteiger partial charge in [0.2, 0.25) is 5.28 Å². The van der Waals surface area contributed by atoms with Crippen molar-refractivity contribution in [2.24, 2.45) is 0 Å². The van der Waals surface area contributed by atoms with E-state index in [1.807, 2.05) is 0 Å². The number of benzene rings is 1. The van der Waals surface area contributed by atoms with Gasteiger partial charge >= 0.3 is 5.97 Å². The van der Waals surface area contributed by atoms with Crippen molar-refractivity contribution < 1.29 is 15.0 Å². The molecular formula is C9H5ClN2O3. The van der Waals surface area contributed by atoms with Crippen molar-refractivity contribution in [3.05, 3.63) is 29.2 Å². The van der Waals surface area contributed by atoms with E-state index in [2.05, 4.69) is 9.97 Å². The van der Waals surface area contributed by atoms with Crippen molar-refractivity contribution in [3.63, 3.8) is 0 Å². The Morgan fingerprint density at radius 2 is 2.07 bits per heavy atom. The maximum atomic E-state index is 10.8. The van der Waals surface area contributed by atoms with E-state index in [-0.39, 0.29) is 16.7 Å². The predicted octanol–water partition coefficient (Wildman–Crippen LogP) is 1.69. The lowest BCUT2D eigenvalue weighted by molar-refractivity contribution is 0.0692. The molecule has 0 aliphatic carbocycles. The van der Waals surface area contributed by atoms with Gasteiger partial charge < -0.3 is 10.2 Å². The highest BCUT2D eigenvalue weighted by Crippen LogP contribution is 2.22. The first kappa shape index (κ1) is 9.67. The summed E-state index contributed by atoms with van der Waals surface area (Å²) >= 11 is 5.55. The number of phenols is 1. The van der Waals surface area contributed by atoms with Crippen LogP contribution in [0.4, 0.5) is 0 Å². The van der Waals surface area contributed by atoms with E-state index in [0.29, 0.717) is 10.9 Å². The van der Waals surface area contributed by atoms with Crippen LogP contribution in [0.5, 0.6) is 5.75 Å². The highest BCUT2D eigenvalue weighted by Gasteiger charge is 2.13. The zero-order chi connectivity index (χ0) is 11.0. The van der Waals surface area contributed by atoms with Crippen molar-refractivity contribution in [2.75, 3.05) is 0 Å². The minimum Gasteiger partial charge on any atom is -0.508 e. The van der Waals surface area contributed by atoms with Crippen LogP contribution in [-0.2, 0) is 0 Å². The molecule has 0 spiro atoms. The monoisotopic (exact) mass is 224 g/mol. The van der Waals surface area contributed by atoms with E-state index in [1.165, 1.54) is 18.2 Å². The number of aromatic nitrogens is 2. The van der Waals surface area contributed by atoms with Crippen molar-refractivity contribution in [3.8, 4) is 5.75 Å². The maximum absolute atomic E-state index is 10.8. The summed E-state index contributed by atoms with van der Waals surface area (Å²) in [6, 6.07) is 4.13. The number of carboxylic acids is 1. The Balaban J connectivity index is 2.86. The van der Waals surface area contributed by atoms with E-state index in [4.69, 9.17) is 16.7 Å². The van der Waals surface area contributed by atoms with Crippen LogP contribution in [0.1, 0.15) is 10.5 Å². The molecule has 15 heavy (non-hydrogen) atoms. The van der Waals surface area contributed by atoms with Gasteiger partial charge in [-0.25, -0.2) is 14.8 Å². The second-order valence-electron chi connectivity index (χ2n) is 2.85. The molecule has 0 radical (unpaired) electrons. The van der Waals surface area contributed by atoms with Gasteiger partial charge in [0, 0.05) is 11.5 Å². The van der Waals surface area contributed by atoms with Gasteiger partial charge in [0.25, 0.3) is 0 Å². The van der Waals surface area contributed by atoms with E-state index >= 15 is 0 Å². The molecular weight excluding hydrogens is 220 g/mol. The largest absolute Gasteiger partial charge is 0.508 e. The summed E-state index contributed by atoms with van der Waals surface area (Å²) in [5.74, 6) is -1.19. The van der Waals surface area contributed by atoms with Crippen molar-refractivity contribution in [1.29, 1.82) is 0 Å². The minimum atomic E-state index is -1.19. The molecule has 1 heterocycles. The Morgan fingerprint density at radius 1 is 1.33 bits per heavy atom. The molecule has 76 valence electrons. The van der Waals surface area contributed by atoms with Crippen LogP contribution in [0.2, 0.25) is 5.28 Å². The number of rotatable bonds is 1. The summed E-state index contributed by atoms with van der Waals surface area (Å²) in [7, 11) is 0. The average molecular weight is 225 g/mol. The van der Waals surface area contributed by atoms with Crippen LogP contribution in [0.15, 0.2) is 18.2 Å². The number of fused-ring (bicyclic) bond motifs is 1. The van der Waals surface area contributed by atoms with Gasteiger partial charge in [0.1, 0.15) is 5.75 Å². The van der Waals surface area contributed by atoms with Gasteiger partial charge in [0.15, 0.2) is 5.69 Å². The highest BCUT2D eigenvalue weighted by molar-refractivity contribution is 6.29. The van der Waals surface area contributed by atoms with E-state index < -0.39 is 5.97 Å². The van der Waals surface area contributed by atoms with Gasteiger partial charge in [-0.05, 0) is 23.7 Å². The summed E-state index contributed by atoms with van der Waals surface area (Å²) in [4.78, 5) is 18.3. The molecule has 0 aliphatic rings. The third-order valence-corrected chi connectivity index (χ3v) is 2.02. The molecule has 0 fully saturated rings. The molecule has 2 N–H and O–H groups in total. The van der Waals surface area contributed by atoms with Crippen LogP contribution >= 0.6 is 11.6 Å². The maximum Gasteiger partial charge on any atom is 0.355 e. The van der Waals surface area contributed by atoms with Gasteiger partial charge in [-0.3, -0.25) is 0 Å². The summed E-state index contributed by atoms with van der Waals surface area (Å²) in [6.45, 7) is 0. The van der Waals surface area contributed by atoms with Gasteiger partial charge in [-0.1, -0.05) is 0 Å². The molecule has 0 atom stereocenters. The number of halogens is 1.